The zero-order chi connectivity index (χ0) is 17.6. The summed E-state index contributed by atoms with van der Waals surface area (Å²) in [5, 5.41) is 10.8. The van der Waals surface area contributed by atoms with E-state index in [0.717, 1.165) is 40.7 Å². The zero-order valence-corrected chi connectivity index (χ0v) is 13.2. The molecule has 0 spiro atoms. The van der Waals surface area contributed by atoms with Crippen molar-refractivity contribution in [3.8, 4) is 11.5 Å². The lowest BCUT2D eigenvalue weighted by Crippen LogP contribution is -2.17. The molecule has 1 heterocycles. The lowest BCUT2D eigenvalue weighted by molar-refractivity contribution is -0.137. The minimum Gasteiger partial charge on any atom is -0.455 e. The molecule has 2 aromatic carbocycles. The van der Waals surface area contributed by atoms with Gasteiger partial charge in [-0.2, -0.15) is 13.2 Å². The molecule has 0 fully saturated rings. The van der Waals surface area contributed by atoms with Gasteiger partial charge in [-0.1, -0.05) is 18.2 Å². The molecule has 1 unspecified atom stereocenters. The van der Waals surface area contributed by atoms with Gasteiger partial charge in [0.25, 0.3) is 0 Å². The maximum atomic E-state index is 12.9. The number of fused-ring (bicyclic) bond motifs is 3. The number of hydrogen-bond donors (Lipinski definition) is 2. The molecular weight excluding hydrogens is 331 g/mol. The minimum absolute atomic E-state index is 0.134. The molecule has 130 valence electrons. The highest BCUT2D eigenvalue weighted by molar-refractivity contribution is 5.90. The van der Waals surface area contributed by atoms with Crippen LogP contribution in [-0.2, 0) is 19.0 Å². The molecule has 0 saturated heterocycles. The first-order chi connectivity index (χ1) is 11.9. The molecule has 1 atom stereocenters. The monoisotopic (exact) mass is 347 g/mol. The number of hydrogen-bond acceptors (Lipinski definition) is 2. The molecule has 1 aromatic heterocycles. The van der Waals surface area contributed by atoms with Gasteiger partial charge in [0.1, 0.15) is 5.75 Å². The quantitative estimate of drug-likeness (QED) is 0.697. The molecule has 3 aromatic rings. The topological polar surface area (TPSA) is 45.2 Å². The molecule has 25 heavy (non-hydrogen) atoms. The van der Waals surface area contributed by atoms with E-state index in [0.29, 0.717) is 18.6 Å². The van der Waals surface area contributed by atoms with E-state index in [1.807, 2.05) is 6.07 Å². The number of benzene rings is 2. The molecule has 0 amide bonds. The minimum atomic E-state index is -4.41. The molecular formula is C19H16F3NO2. The van der Waals surface area contributed by atoms with E-state index >= 15 is 0 Å². The number of H-pyrrole nitrogens is 1. The highest BCUT2D eigenvalue weighted by atomic mass is 19.4. The van der Waals surface area contributed by atoms with Crippen LogP contribution in [0.5, 0.6) is 11.5 Å². The zero-order valence-electron chi connectivity index (χ0n) is 13.2. The van der Waals surface area contributed by atoms with Gasteiger partial charge in [0.2, 0.25) is 0 Å². The normalized spacial score (nSPS) is 17.5. The van der Waals surface area contributed by atoms with Gasteiger partial charge in [-0.15, -0.1) is 0 Å². The van der Waals surface area contributed by atoms with E-state index in [1.54, 1.807) is 12.1 Å². The van der Waals surface area contributed by atoms with Crippen molar-refractivity contribution in [2.24, 2.45) is 0 Å². The molecule has 2 N–H and O–H groups in total. The third kappa shape index (κ3) is 2.98. The third-order valence-electron chi connectivity index (χ3n) is 4.55. The molecule has 1 aliphatic carbocycles. The Labute approximate surface area is 142 Å². The Hall–Kier alpha value is -2.47. The van der Waals surface area contributed by atoms with Crippen molar-refractivity contribution in [2.45, 2.75) is 31.5 Å². The van der Waals surface area contributed by atoms with Crippen LogP contribution in [0.1, 0.15) is 23.2 Å². The van der Waals surface area contributed by atoms with E-state index in [9.17, 15) is 18.3 Å². The Morgan fingerprint density at radius 2 is 1.92 bits per heavy atom. The predicted octanol–water partition coefficient (Wildman–Crippen LogP) is 4.83. The smallest absolute Gasteiger partial charge is 0.416 e. The van der Waals surface area contributed by atoms with Gasteiger partial charge < -0.3 is 14.8 Å². The van der Waals surface area contributed by atoms with Gasteiger partial charge in [0.15, 0.2) is 5.75 Å². The summed E-state index contributed by atoms with van der Waals surface area (Å²) in [6.45, 7) is 0. The van der Waals surface area contributed by atoms with Gasteiger partial charge in [-0.05, 0) is 42.7 Å². The lowest BCUT2D eigenvalue weighted by Gasteiger charge is -2.17. The van der Waals surface area contributed by atoms with E-state index in [-0.39, 0.29) is 11.9 Å². The summed E-state index contributed by atoms with van der Waals surface area (Å²) in [6, 6.07) is 10.3. The number of ether oxygens (including phenoxy) is 1. The number of rotatable bonds is 2. The molecule has 3 nitrogen and oxygen atoms in total. The number of alkyl halides is 3. The molecule has 4 rings (SSSR count). The second-order valence-corrected chi connectivity index (χ2v) is 6.29. The van der Waals surface area contributed by atoms with Crippen molar-refractivity contribution in [1.82, 2.24) is 4.98 Å². The molecule has 0 radical (unpaired) electrons. The van der Waals surface area contributed by atoms with E-state index in [4.69, 9.17) is 4.74 Å². The van der Waals surface area contributed by atoms with Crippen LogP contribution in [0, 0.1) is 0 Å². The number of aliphatic hydroxyl groups is 1. The van der Waals surface area contributed by atoms with Gasteiger partial charge in [-0.3, -0.25) is 0 Å². The van der Waals surface area contributed by atoms with E-state index in [2.05, 4.69) is 4.98 Å². The predicted molar refractivity (Wildman–Crippen MR) is 87.8 cm³/mol. The fraction of sp³-hybridized carbons (Fsp3) is 0.263. The van der Waals surface area contributed by atoms with Crippen molar-refractivity contribution in [1.29, 1.82) is 0 Å². The van der Waals surface area contributed by atoms with Gasteiger partial charge in [0.05, 0.1) is 17.2 Å². The lowest BCUT2D eigenvalue weighted by atomic mass is 9.93. The summed E-state index contributed by atoms with van der Waals surface area (Å²) >= 11 is 0. The molecule has 0 saturated carbocycles. The van der Waals surface area contributed by atoms with Crippen molar-refractivity contribution < 1.29 is 23.0 Å². The number of para-hydroxylation sites is 1. The van der Waals surface area contributed by atoms with Crippen LogP contribution in [0.15, 0.2) is 42.5 Å². The summed E-state index contributed by atoms with van der Waals surface area (Å²) < 4.78 is 44.3. The number of nitrogens with one attached hydrogen (secondary N) is 1. The molecule has 1 aliphatic rings. The fourth-order valence-electron chi connectivity index (χ4n) is 3.34. The SMILES string of the molecule is OC1CCc2[nH]c3c(Oc4cccc(C(F)(F)F)c4)cccc3c2C1. The van der Waals surface area contributed by atoms with Crippen LogP contribution in [-0.4, -0.2) is 16.2 Å². The number of halogens is 3. The second-order valence-electron chi connectivity index (χ2n) is 6.29. The highest BCUT2D eigenvalue weighted by Crippen LogP contribution is 2.37. The number of aliphatic hydroxyl groups excluding tert-OH is 1. The summed E-state index contributed by atoms with van der Waals surface area (Å²) in [5.74, 6) is 0.607. The van der Waals surface area contributed by atoms with Crippen molar-refractivity contribution >= 4 is 10.9 Å². The Kier molecular flexibility index (Phi) is 3.72. The average Bonchev–Trinajstić information content (AvgIpc) is 2.93. The first-order valence-electron chi connectivity index (χ1n) is 8.07. The van der Waals surface area contributed by atoms with Crippen LogP contribution in [0.3, 0.4) is 0 Å². The Balaban J connectivity index is 1.73. The number of aryl methyl sites for hydroxylation is 1. The van der Waals surface area contributed by atoms with E-state index < -0.39 is 11.7 Å². The Bertz CT molecular complexity index is 930. The van der Waals surface area contributed by atoms with Gasteiger partial charge in [0, 0.05) is 17.5 Å². The van der Waals surface area contributed by atoms with Crippen LogP contribution < -0.4 is 4.74 Å². The Morgan fingerprint density at radius 1 is 1.12 bits per heavy atom. The van der Waals surface area contributed by atoms with Crippen LogP contribution in [0.4, 0.5) is 13.2 Å². The summed E-state index contributed by atoms with van der Waals surface area (Å²) in [6.07, 6.45) is -2.76. The van der Waals surface area contributed by atoms with Crippen LogP contribution >= 0.6 is 0 Å². The highest BCUT2D eigenvalue weighted by Gasteiger charge is 2.30. The van der Waals surface area contributed by atoms with Crippen LogP contribution in [0.2, 0.25) is 0 Å². The fourth-order valence-corrected chi connectivity index (χ4v) is 3.34. The second kappa shape index (κ2) is 5.81. The van der Waals surface area contributed by atoms with Crippen LogP contribution in [0.25, 0.3) is 10.9 Å². The first-order valence-corrected chi connectivity index (χ1v) is 8.07. The maximum Gasteiger partial charge on any atom is 0.416 e. The standard InChI is InChI=1S/C19H16F3NO2/c20-19(21,22)11-3-1-4-13(9-11)25-17-6-2-5-14-15-10-12(24)7-8-16(15)23-18(14)17/h1-6,9,12,23-24H,7-8,10H2. The Morgan fingerprint density at radius 3 is 2.72 bits per heavy atom. The summed E-state index contributed by atoms with van der Waals surface area (Å²) in [4.78, 5) is 3.31. The number of aromatic amines is 1. The van der Waals surface area contributed by atoms with Crippen molar-refractivity contribution in [2.75, 3.05) is 0 Å². The molecule has 6 heteroatoms. The first kappa shape index (κ1) is 16.0. The molecule has 0 aliphatic heterocycles. The van der Waals surface area contributed by atoms with E-state index in [1.165, 1.54) is 12.1 Å². The van der Waals surface area contributed by atoms with Crippen molar-refractivity contribution in [3.63, 3.8) is 0 Å². The third-order valence-corrected chi connectivity index (χ3v) is 4.55. The van der Waals surface area contributed by atoms with Crippen molar-refractivity contribution in [3.05, 3.63) is 59.3 Å². The van der Waals surface area contributed by atoms with Gasteiger partial charge in [-0.25, -0.2) is 0 Å². The average molecular weight is 347 g/mol. The summed E-state index contributed by atoms with van der Waals surface area (Å²) in [7, 11) is 0. The largest absolute Gasteiger partial charge is 0.455 e. The molecule has 0 bridgehead atoms. The maximum absolute atomic E-state index is 12.9. The van der Waals surface area contributed by atoms with Gasteiger partial charge >= 0.3 is 6.18 Å². The number of aromatic nitrogens is 1. The summed E-state index contributed by atoms with van der Waals surface area (Å²) in [5.41, 5.74) is 2.12.